The molecule has 3 atom stereocenters. The van der Waals surface area contributed by atoms with E-state index in [2.05, 4.69) is 16.3 Å². The summed E-state index contributed by atoms with van der Waals surface area (Å²) in [5, 5.41) is 2.38. The van der Waals surface area contributed by atoms with Crippen LogP contribution < -0.4 is 16.0 Å². The van der Waals surface area contributed by atoms with Crippen molar-refractivity contribution < 1.29 is 23.9 Å². The standard InChI is InChI=1S/C27H36N4O5/c28-25(33)18-6-7-19(15-18)30(12-2-3-17-10-13-36-14-11-17)22-5-1-4-20-21(22)16-31(27(20)35)23-8-9-24(32)29-26(23)34/h1,4-5,17-19,23H,2-3,6-16H2,(H2,28,33)(H,29,32,34)/t18-,19+,23?/m0/s1. The van der Waals surface area contributed by atoms with Crippen molar-refractivity contribution in [1.29, 1.82) is 0 Å². The number of benzene rings is 1. The molecule has 9 nitrogen and oxygen atoms in total. The van der Waals surface area contributed by atoms with Crippen LogP contribution >= 0.6 is 0 Å². The molecule has 3 N–H and O–H groups in total. The Kier molecular flexibility index (Phi) is 7.27. The molecule has 2 saturated heterocycles. The number of fused-ring (bicyclic) bond motifs is 1. The lowest BCUT2D eigenvalue weighted by atomic mass is 9.94. The SMILES string of the molecule is NC(=O)[C@H]1CC[C@@H](N(CCCC2CCOCC2)c2cccc3c2CN(C2CCC(=O)NC2=O)C3=O)C1. The summed E-state index contributed by atoms with van der Waals surface area (Å²) in [4.78, 5) is 53.4. The highest BCUT2D eigenvalue weighted by Gasteiger charge is 2.41. The lowest BCUT2D eigenvalue weighted by Crippen LogP contribution is -2.52. The van der Waals surface area contributed by atoms with Crippen LogP contribution in [0.15, 0.2) is 18.2 Å². The van der Waals surface area contributed by atoms with E-state index in [0.717, 1.165) is 76.0 Å². The highest BCUT2D eigenvalue weighted by molar-refractivity contribution is 6.06. The molecule has 4 aliphatic rings. The van der Waals surface area contributed by atoms with Crippen LogP contribution in [0.4, 0.5) is 5.69 Å². The number of piperidine rings is 1. The maximum atomic E-state index is 13.4. The van der Waals surface area contributed by atoms with Crippen molar-refractivity contribution in [3.8, 4) is 0 Å². The number of nitrogens with zero attached hydrogens (tertiary/aromatic N) is 2. The second kappa shape index (κ2) is 10.6. The molecule has 0 aromatic heterocycles. The first kappa shape index (κ1) is 24.7. The van der Waals surface area contributed by atoms with Crippen LogP contribution in [-0.2, 0) is 25.7 Å². The van der Waals surface area contributed by atoms with Crippen LogP contribution in [0, 0.1) is 11.8 Å². The van der Waals surface area contributed by atoms with Crippen molar-refractivity contribution in [1.82, 2.24) is 10.2 Å². The second-order valence-corrected chi connectivity index (χ2v) is 10.7. The van der Waals surface area contributed by atoms with Crippen molar-refractivity contribution in [3.05, 3.63) is 29.3 Å². The van der Waals surface area contributed by atoms with Gasteiger partial charge in [0, 0.05) is 61.5 Å². The Balaban J connectivity index is 1.37. The van der Waals surface area contributed by atoms with Gasteiger partial charge in [-0.05, 0) is 69.4 Å². The van der Waals surface area contributed by atoms with E-state index >= 15 is 0 Å². The molecule has 3 fully saturated rings. The van der Waals surface area contributed by atoms with Gasteiger partial charge in [0.15, 0.2) is 0 Å². The van der Waals surface area contributed by atoms with E-state index in [0.29, 0.717) is 24.4 Å². The van der Waals surface area contributed by atoms with Gasteiger partial charge in [-0.25, -0.2) is 0 Å². The topological polar surface area (TPSA) is 122 Å². The number of ether oxygens (including phenoxy) is 1. The first-order valence-electron chi connectivity index (χ1n) is 13.3. The number of carbonyl (C=O) groups is 4. The quantitative estimate of drug-likeness (QED) is 0.532. The highest BCUT2D eigenvalue weighted by atomic mass is 16.5. The molecule has 9 heteroatoms. The third kappa shape index (κ3) is 4.98. The first-order chi connectivity index (χ1) is 17.4. The summed E-state index contributed by atoms with van der Waals surface area (Å²) in [6.07, 6.45) is 7.33. The van der Waals surface area contributed by atoms with E-state index in [1.165, 1.54) is 0 Å². The fraction of sp³-hybridized carbons (Fsp3) is 0.630. The summed E-state index contributed by atoms with van der Waals surface area (Å²) in [7, 11) is 0. The predicted molar refractivity (Wildman–Crippen MR) is 133 cm³/mol. The Morgan fingerprint density at radius 3 is 2.64 bits per heavy atom. The highest BCUT2D eigenvalue weighted by Crippen LogP contribution is 2.39. The van der Waals surface area contributed by atoms with E-state index in [1.54, 1.807) is 4.90 Å². The predicted octanol–water partition coefficient (Wildman–Crippen LogP) is 2.11. The van der Waals surface area contributed by atoms with Gasteiger partial charge >= 0.3 is 0 Å². The van der Waals surface area contributed by atoms with E-state index in [-0.39, 0.29) is 36.1 Å². The van der Waals surface area contributed by atoms with Crippen LogP contribution in [0.5, 0.6) is 0 Å². The molecule has 3 heterocycles. The number of imide groups is 1. The van der Waals surface area contributed by atoms with Gasteiger partial charge in [-0.1, -0.05) is 6.07 Å². The maximum Gasteiger partial charge on any atom is 0.255 e. The summed E-state index contributed by atoms with van der Waals surface area (Å²) in [5.41, 5.74) is 8.21. The van der Waals surface area contributed by atoms with Crippen LogP contribution in [0.1, 0.15) is 73.7 Å². The van der Waals surface area contributed by atoms with Gasteiger partial charge in [-0.3, -0.25) is 24.5 Å². The third-order valence-corrected chi connectivity index (χ3v) is 8.47. The molecule has 1 aliphatic carbocycles. The van der Waals surface area contributed by atoms with Crippen molar-refractivity contribution in [2.75, 3.05) is 24.7 Å². The molecule has 0 spiro atoms. The third-order valence-electron chi connectivity index (χ3n) is 8.47. The van der Waals surface area contributed by atoms with Crippen molar-refractivity contribution in [2.24, 2.45) is 17.6 Å². The Morgan fingerprint density at radius 2 is 1.92 bits per heavy atom. The van der Waals surface area contributed by atoms with Gasteiger partial charge in [-0.15, -0.1) is 0 Å². The number of anilines is 1. The van der Waals surface area contributed by atoms with Crippen LogP contribution in [0.25, 0.3) is 0 Å². The van der Waals surface area contributed by atoms with E-state index in [1.807, 2.05) is 12.1 Å². The van der Waals surface area contributed by atoms with E-state index < -0.39 is 11.9 Å². The van der Waals surface area contributed by atoms with E-state index in [4.69, 9.17) is 10.5 Å². The molecule has 4 amide bonds. The van der Waals surface area contributed by atoms with E-state index in [9.17, 15) is 19.2 Å². The van der Waals surface area contributed by atoms with Crippen molar-refractivity contribution in [2.45, 2.75) is 76.4 Å². The minimum atomic E-state index is -0.636. The zero-order chi connectivity index (χ0) is 25.2. The molecule has 1 saturated carbocycles. The summed E-state index contributed by atoms with van der Waals surface area (Å²) in [5.74, 6) is -0.536. The zero-order valence-electron chi connectivity index (χ0n) is 20.7. The molecule has 1 aromatic rings. The maximum absolute atomic E-state index is 13.4. The molecule has 0 radical (unpaired) electrons. The fourth-order valence-electron chi connectivity index (χ4n) is 6.42. The molecule has 1 unspecified atom stereocenters. The van der Waals surface area contributed by atoms with Gasteiger partial charge in [-0.2, -0.15) is 0 Å². The van der Waals surface area contributed by atoms with Gasteiger partial charge in [0.1, 0.15) is 6.04 Å². The van der Waals surface area contributed by atoms with Gasteiger partial charge < -0.3 is 20.3 Å². The molecule has 36 heavy (non-hydrogen) atoms. The first-order valence-corrected chi connectivity index (χ1v) is 13.3. The molecule has 1 aromatic carbocycles. The normalized spacial score (nSPS) is 26.7. The number of nitrogens with two attached hydrogens (primary N) is 1. The molecule has 3 aliphatic heterocycles. The summed E-state index contributed by atoms with van der Waals surface area (Å²) in [6, 6.07) is 5.35. The number of amides is 4. The Labute approximate surface area is 211 Å². The van der Waals surface area contributed by atoms with Gasteiger partial charge in [0.05, 0.1) is 0 Å². The van der Waals surface area contributed by atoms with Crippen LogP contribution in [0.2, 0.25) is 0 Å². The van der Waals surface area contributed by atoms with Gasteiger partial charge in [0.2, 0.25) is 17.7 Å². The van der Waals surface area contributed by atoms with Crippen molar-refractivity contribution >= 4 is 29.3 Å². The van der Waals surface area contributed by atoms with Crippen molar-refractivity contribution in [3.63, 3.8) is 0 Å². The Bertz CT molecular complexity index is 1040. The zero-order valence-corrected chi connectivity index (χ0v) is 20.7. The van der Waals surface area contributed by atoms with Crippen LogP contribution in [0.3, 0.4) is 0 Å². The molecule has 194 valence electrons. The molecule has 0 bridgehead atoms. The summed E-state index contributed by atoms with van der Waals surface area (Å²) < 4.78 is 5.51. The average molecular weight is 497 g/mol. The lowest BCUT2D eigenvalue weighted by Gasteiger charge is -2.34. The fourth-order valence-corrected chi connectivity index (χ4v) is 6.42. The molecule has 5 rings (SSSR count). The number of hydrogen-bond acceptors (Lipinski definition) is 6. The number of hydrogen-bond donors (Lipinski definition) is 2. The van der Waals surface area contributed by atoms with Gasteiger partial charge in [0.25, 0.3) is 5.91 Å². The lowest BCUT2D eigenvalue weighted by molar-refractivity contribution is -0.137. The Hall–Kier alpha value is -2.94. The minimum Gasteiger partial charge on any atom is -0.381 e. The largest absolute Gasteiger partial charge is 0.381 e. The Morgan fingerprint density at radius 1 is 1.11 bits per heavy atom. The molecular weight excluding hydrogens is 460 g/mol. The number of rotatable bonds is 8. The average Bonchev–Trinajstić information content (AvgIpc) is 3.48. The smallest absolute Gasteiger partial charge is 0.255 e. The second-order valence-electron chi connectivity index (χ2n) is 10.7. The number of carbonyl (C=O) groups excluding carboxylic acids is 4. The monoisotopic (exact) mass is 496 g/mol. The van der Waals surface area contributed by atoms with Crippen LogP contribution in [-0.4, -0.2) is 60.4 Å². The number of nitrogens with one attached hydrogen (secondary N) is 1. The minimum absolute atomic E-state index is 0.119. The molecular formula is C27H36N4O5. The summed E-state index contributed by atoms with van der Waals surface area (Å²) >= 11 is 0. The summed E-state index contributed by atoms with van der Waals surface area (Å²) in [6.45, 7) is 2.86. The number of primary amides is 1.